The summed E-state index contributed by atoms with van der Waals surface area (Å²) < 4.78 is 0. The molecular formula is C18H19Cl2N. The molecule has 1 N–H and O–H groups in total. The second-order valence-corrected chi connectivity index (χ2v) is 6.69. The van der Waals surface area contributed by atoms with Crippen LogP contribution in [0.5, 0.6) is 0 Å². The van der Waals surface area contributed by atoms with Gasteiger partial charge in [-0.25, -0.2) is 0 Å². The van der Waals surface area contributed by atoms with Crippen molar-refractivity contribution in [3.63, 3.8) is 0 Å². The van der Waals surface area contributed by atoms with Gasteiger partial charge in [0, 0.05) is 28.2 Å². The van der Waals surface area contributed by atoms with E-state index >= 15 is 0 Å². The van der Waals surface area contributed by atoms with Crippen LogP contribution in [0.15, 0.2) is 30.3 Å². The quantitative estimate of drug-likeness (QED) is 0.781. The highest BCUT2D eigenvalue weighted by Crippen LogP contribution is 2.33. The SMILES string of the molecule is Cc1cc(Cl)c(-c2ccc(CNC3CC3)c(Cl)c2)cc1C. The third-order valence-electron chi connectivity index (χ3n) is 4.11. The maximum atomic E-state index is 6.42. The summed E-state index contributed by atoms with van der Waals surface area (Å²) in [5.74, 6) is 0. The minimum atomic E-state index is 0.690. The van der Waals surface area contributed by atoms with Crippen LogP contribution < -0.4 is 5.32 Å². The van der Waals surface area contributed by atoms with Crippen molar-refractivity contribution in [2.45, 2.75) is 39.3 Å². The van der Waals surface area contributed by atoms with E-state index < -0.39 is 0 Å². The zero-order chi connectivity index (χ0) is 15.0. The van der Waals surface area contributed by atoms with Crippen LogP contribution in [0.25, 0.3) is 11.1 Å². The van der Waals surface area contributed by atoms with Crippen LogP contribution in [0.3, 0.4) is 0 Å². The van der Waals surface area contributed by atoms with Crippen molar-refractivity contribution < 1.29 is 0 Å². The first-order chi connectivity index (χ1) is 10.0. The third-order valence-corrected chi connectivity index (χ3v) is 4.77. The minimum Gasteiger partial charge on any atom is -0.310 e. The molecule has 110 valence electrons. The molecule has 0 unspecified atom stereocenters. The molecule has 3 rings (SSSR count). The Bertz CT molecular complexity index is 675. The van der Waals surface area contributed by atoms with Gasteiger partial charge in [0.2, 0.25) is 0 Å². The van der Waals surface area contributed by atoms with Crippen molar-refractivity contribution in [3.8, 4) is 11.1 Å². The fourth-order valence-corrected chi connectivity index (χ4v) is 2.98. The fourth-order valence-electron chi connectivity index (χ4n) is 2.40. The third kappa shape index (κ3) is 3.42. The van der Waals surface area contributed by atoms with E-state index in [1.807, 2.05) is 12.1 Å². The maximum absolute atomic E-state index is 6.42. The zero-order valence-electron chi connectivity index (χ0n) is 12.3. The van der Waals surface area contributed by atoms with Crippen LogP contribution in [0.4, 0.5) is 0 Å². The van der Waals surface area contributed by atoms with Gasteiger partial charge in [-0.3, -0.25) is 0 Å². The largest absolute Gasteiger partial charge is 0.310 e. The molecule has 0 radical (unpaired) electrons. The lowest BCUT2D eigenvalue weighted by molar-refractivity contribution is 0.688. The monoisotopic (exact) mass is 319 g/mol. The number of hydrogen-bond acceptors (Lipinski definition) is 1. The molecule has 2 aromatic rings. The first-order valence-corrected chi connectivity index (χ1v) is 8.09. The van der Waals surface area contributed by atoms with E-state index in [1.165, 1.54) is 24.0 Å². The summed E-state index contributed by atoms with van der Waals surface area (Å²) in [6.45, 7) is 5.01. The number of hydrogen-bond donors (Lipinski definition) is 1. The summed E-state index contributed by atoms with van der Waals surface area (Å²) in [4.78, 5) is 0. The highest BCUT2D eigenvalue weighted by atomic mass is 35.5. The Labute approximate surface area is 136 Å². The van der Waals surface area contributed by atoms with Crippen molar-refractivity contribution in [1.29, 1.82) is 0 Å². The Morgan fingerprint density at radius 3 is 2.38 bits per heavy atom. The van der Waals surface area contributed by atoms with E-state index in [4.69, 9.17) is 23.2 Å². The number of nitrogens with one attached hydrogen (secondary N) is 1. The van der Waals surface area contributed by atoms with E-state index in [-0.39, 0.29) is 0 Å². The van der Waals surface area contributed by atoms with Crippen LogP contribution in [-0.4, -0.2) is 6.04 Å². The second kappa shape index (κ2) is 6.00. The smallest absolute Gasteiger partial charge is 0.0487 e. The lowest BCUT2D eigenvalue weighted by Gasteiger charge is -2.11. The predicted molar refractivity (Wildman–Crippen MR) is 91.2 cm³/mol. The minimum absolute atomic E-state index is 0.690. The Hall–Kier alpha value is -1.02. The van der Waals surface area contributed by atoms with E-state index in [0.717, 1.165) is 33.3 Å². The van der Waals surface area contributed by atoms with E-state index in [1.54, 1.807) is 0 Å². The zero-order valence-corrected chi connectivity index (χ0v) is 13.9. The summed E-state index contributed by atoms with van der Waals surface area (Å²) >= 11 is 12.8. The van der Waals surface area contributed by atoms with Gasteiger partial charge in [-0.15, -0.1) is 0 Å². The first kappa shape index (κ1) is 14.9. The van der Waals surface area contributed by atoms with Gasteiger partial charge in [0.25, 0.3) is 0 Å². The van der Waals surface area contributed by atoms with E-state index in [9.17, 15) is 0 Å². The van der Waals surface area contributed by atoms with Gasteiger partial charge in [-0.1, -0.05) is 35.3 Å². The number of benzene rings is 2. The molecule has 1 nitrogen and oxygen atoms in total. The van der Waals surface area contributed by atoms with Crippen molar-refractivity contribution in [2.75, 3.05) is 0 Å². The number of aryl methyl sites for hydroxylation is 2. The topological polar surface area (TPSA) is 12.0 Å². The molecule has 0 aliphatic heterocycles. The van der Waals surface area contributed by atoms with Gasteiger partial charge in [0.15, 0.2) is 0 Å². The van der Waals surface area contributed by atoms with Crippen molar-refractivity contribution in [2.24, 2.45) is 0 Å². The summed E-state index contributed by atoms with van der Waals surface area (Å²) in [5, 5.41) is 5.07. The molecule has 1 aliphatic carbocycles. The van der Waals surface area contributed by atoms with Gasteiger partial charge >= 0.3 is 0 Å². The van der Waals surface area contributed by atoms with Gasteiger partial charge in [0.05, 0.1) is 0 Å². The van der Waals surface area contributed by atoms with Gasteiger partial charge in [-0.05, 0) is 67.1 Å². The highest BCUT2D eigenvalue weighted by Gasteiger charge is 2.20. The molecular weight excluding hydrogens is 301 g/mol. The van der Waals surface area contributed by atoms with Gasteiger partial charge in [-0.2, -0.15) is 0 Å². The Morgan fingerprint density at radius 2 is 1.71 bits per heavy atom. The molecule has 3 heteroatoms. The first-order valence-electron chi connectivity index (χ1n) is 7.33. The summed E-state index contributed by atoms with van der Waals surface area (Å²) in [6, 6.07) is 11.1. The van der Waals surface area contributed by atoms with Crippen molar-refractivity contribution in [1.82, 2.24) is 5.32 Å². The molecule has 1 fully saturated rings. The molecule has 1 aliphatic rings. The van der Waals surface area contributed by atoms with Crippen LogP contribution in [0.1, 0.15) is 29.5 Å². The summed E-state index contributed by atoms with van der Waals surface area (Å²) in [6.07, 6.45) is 2.57. The molecule has 0 saturated heterocycles. The van der Waals surface area contributed by atoms with Crippen molar-refractivity contribution >= 4 is 23.2 Å². The van der Waals surface area contributed by atoms with Crippen LogP contribution in [-0.2, 0) is 6.54 Å². The van der Waals surface area contributed by atoms with E-state index in [0.29, 0.717) is 6.04 Å². The van der Waals surface area contributed by atoms with Gasteiger partial charge < -0.3 is 5.32 Å². The molecule has 0 bridgehead atoms. The Morgan fingerprint density at radius 1 is 1.00 bits per heavy atom. The normalized spacial score (nSPS) is 14.5. The number of halogens is 2. The van der Waals surface area contributed by atoms with Crippen molar-refractivity contribution in [3.05, 3.63) is 57.1 Å². The molecule has 2 aromatic carbocycles. The molecule has 0 spiro atoms. The van der Waals surface area contributed by atoms with Crippen LogP contribution in [0, 0.1) is 13.8 Å². The molecule has 0 heterocycles. The van der Waals surface area contributed by atoms with E-state index in [2.05, 4.69) is 37.4 Å². The van der Waals surface area contributed by atoms with Crippen LogP contribution in [0.2, 0.25) is 10.0 Å². The molecule has 1 saturated carbocycles. The predicted octanol–water partition coefficient (Wildman–Crippen LogP) is 5.53. The molecule has 0 amide bonds. The Balaban J connectivity index is 1.88. The molecule has 0 atom stereocenters. The maximum Gasteiger partial charge on any atom is 0.0487 e. The number of rotatable bonds is 4. The summed E-state index contributed by atoms with van der Waals surface area (Å²) in [7, 11) is 0. The lowest BCUT2D eigenvalue weighted by atomic mass is 9.99. The highest BCUT2D eigenvalue weighted by molar-refractivity contribution is 6.34. The van der Waals surface area contributed by atoms with Crippen LogP contribution >= 0.6 is 23.2 Å². The molecule has 0 aromatic heterocycles. The average molecular weight is 320 g/mol. The Kier molecular flexibility index (Phi) is 4.26. The summed E-state index contributed by atoms with van der Waals surface area (Å²) in [5.41, 5.74) is 5.71. The van der Waals surface area contributed by atoms with Gasteiger partial charge in [0.1, 0.15) is 0 Å². The fraction of sp³-hybridized carbons (Fsp3) is 0.333. The molecule has 21 heavy (non-hydrogen) atoms. The average Bonchev–Trinajstić information content (AvgIpc) is 3.25. The second-order valence-electron chi connectivity index (χ2n) is 5.88. The lowest BCUT2D eigenvalue weighted by Crippen LogP contribution is -2.15. The standard InChI is InChI=1S/C18H19Cl2N/c1-11-7-16(18(20)8-12(11)2)13-3-4-14(17(19)9-13)10-21-15-5-6-15/h3-4,7-9,15,21H,5-6,10H2,1-2H3.